The summed E-state index contributed by atoms with van der Waals surface area (Å²) in [7, 11) is 2.18. The van der Waals surface area contributed by atoms with Gasteiger partial charge in [0.25, 0.3) is 0 Å². The van der Waals surface area contributed by atoms with Crippen LogP contribution in [0.25, 0.3) is 0 Å². The molecular formula is C17H31N3O. The molecule has 1 aliphatic heterocycles. The number of hydrogen-bond acceptors (Lipinski definition) is 4. The van der Waals surface area contributed by atoms with Crippen molar-refractivity contribution in [3.63, 3.8) is 0 Å². The van der Waals surface area contributed by atoms with Crippen molar-refractivity contribution in [3.05, 3.63) is 23.2 Å². The normalized spacial score (nSPS) is 16.5. The topological polar surface area (TPSA) is 31.7 Å². The molecule has 1 aliphatic rings. The maximum atomic E-state index is 5.89. The predicted molar refractivity (Wildman–Crippen MR) is 87.4 cm³/mol. The highest BCUT2D eigenvalue weighted by Gasteiger charge is 2.13. The largest absolute Gasteiger partial charge is 0.465 e. The van der Waals surface area contributed by atoms with Crippen LogP contribution in [0.4, 0.5) is 0 Å². The summed E-state index contributed by atoms with van der Waals surface area (Å²) in [5, 5.41) is 3.45. The van der Waals surface area contributed by atoms with Gasteiger partial charge in [-0.15, -0.1) is 0 Å². The lowest BCUT2D eigenvalue weighted by Crippen LogP contribution is -2.31. The molecule has 1 aromatic heterocycles. The van der Waals surface area contributed by atoms with Gasteiger partial charge in [-0.25, -0.2) is 0 Å². The molecule has 1 N–H and O–H groups in total. The quantitative estimate of drug-likeness (QED) is 0.798. The van der Waals surface area contributed by atoms with Crippen molar-refractivity contribution in [1.29, 1.82) is 0 Å². The van der Waals surface area contributed by atoms with Gasteiger partial charge in [0.1, 0.15) is 11.5 Å². The number of nitrogens with zero attached hydrogens (tertiary/aromatic N) is 2. The molecule has 0 atom stereocenters. The zero-order valence-electron chi connectivity index (χ0n) is 14.1. The van der Waals surface area contributed by atoms with E-state index in [1.165, 1.54) is 38.0 Å². The van der Waals surface area contributed by atoms with E-state index in [-0.39, 0.29) is 0 Å². The number of rotatable bonds is 8. The van der Waals surface area contributed by atoms with Crippen LogP contribution in [-0.2, 0) is 13.1 Å². The Hall–Kier alpha value is -0.840. The zero-order valence-corrected chi connectivity index (χ0v) is 14.1. The summed E-state index contributed by atoms with van der Waals surface area (Å²) in [6, 6.07) is 2.71. The zero-order chi connectivity index (χ0) is 15.2. The molecule has 0 radical (unpaired) electrons. The van der Waals surface area contributed by atoms with Crippen molar-refractivity contribution in [3.8, 4) is 0 Å². The molecule has 2 heterocycles. The number of furan rings is 1. The van der Waals surface area contributed by atoms with E-state index in [0.29, 0.717) is 6.04 Å². The minimum atomic E-state index is 0.505. The minimum Gasteiger partial charge on any atom is -0.465 e. The lowest BCUT2D eigenvalue weighted by atomic mass is 10.2. The summed E-state index contributed by atoms with van der Waals surface area (Å²) in [6.45, 7) is 13.0. The molecule has 0 amide bonds. The molecule has 1 fully saturated rings. The van der Waals surface area contributed by atoms with Crippen LogP contribution in [0.5, 0.6) is 0 Å². The van der Waals surface area contributed by atoms with Crippen LogP contribution in [0.1, 0.15) is 43.8 Å². The molecule has 0 spiro atoms. The maximum absolute atomic E-state index is 5.89. The van der Waals surface area contributed by atoms with Crippen LogP contribution in [-0.4, -0.2) is 49.1 Å². The molecule has 0 bridgehead atoms. The van der Waals surface area contributed by atoms with Gasteiger partial charge in [0.2, 0.25) is 0 Å². The Morgan fingerprint density at radius 2 is 2.05 bits per heavy atom. The standard InChI is InChI=1S/C17H31N3O/c1-14(2)18-12-16-11-17(21-15(16)3)13-19(4)9-10-20-7-5-6-8-20/h11,14,18H,5-10,12-13H2,1-4H3. The smallest absolute Gasteiger partial charge is 0.118 e. The molecule has 0 aromatic carbocycles. The van der Waals surface area contributed by atoms with E-state index < -0.39 is 0 Å². The Morgan fingerprint density at radius 1 is 1.33 bits per heavy atom. The third kappa shape index (κ3) is 5.46. The van der Waals surface area contributed by atoms with Gasteiger partial charge in [-0.1, -0.05) is 13.8 Å². The van der Waals surface area contributed by atoms with Gasteiger partial charge in [0, 0.05) is 31.2 Å². The van der Waals surface area contributed by atoms with E-state index in [2.05, 4.69) is 49.0 Å². The van der Waals surface area contributed by atoms with Crippen LogP contribution < -0.4 is 5.32 Å². The SMILES string of the molecule is Cc1oc(CN(C)CCN2CCCC2)cc1CNC(C)C. The van der Waals surface area contributed by atoms with Crippen molar-refractivity contribution < 1.29 is 4.42 Å². The Balaban J connectivity index is 1.77. The van der Waals surface area contributed by atoms with Gasteiger partial charge >= 0.3 is 0 Å². The van der Waals surface area contributed by atoms with Crippen molar-refractivity contribution in [2.75, 3.05) is 33.2 Å². The van der Waals surface area contributed by atoms with Crippen molar-refractivity contribution in [2.24, 2.45) is 0 Å². The highest BCUT2D eigenvalue weighted by Crippen LogP contribution is 2.16. The minimum absolute atomic E-state index is 0.505. The summed E-state index contributed by atoms with van der Waals surface area (Å²) < 4.78 is 5.89. The highest BCUT2D eigenvalue weighted by molar-refractivity contribution is 5.20. The van der Waals surface area contributed by atoms with Gasteiger partial charge in [-0.2, -0.15) is 0 Å². The molecule has 0 unspecified atom stereocenters. The van der Waals surface area contributed by atoms with Gasteiger partial charge in [0.15, 0.2) is 0 Å². The molecule has 4 nitrogen and oxygen atoms in total. The first-order chi connectivity index (χ1) is 10.0. The average Bonchev–Trinajstić information content (AvgIpc) is 3.04. The maximum Gasteiger partial charge on any atom is 0.118 e. The van der Waals surface area contributed by atoms with Gasteiger partial charge in [0.05, 0.1) is 6.54 Å². The molecular weight excluding hydrogens is 262 g/mol. The fourth-order valence-electron chi connectivity index (χ4n) is 2.82. The molecule has 1 aromatic rings. The summed E-state index contributed by atoms with van der Waals surface area (Å²) in [5.74, 6) is 2.13. The van der Waals surface area contributed by atoms with Crippen LogP contribution in [0, 0.1) is 6.92 Å². The molecule has 120 valence electrons. The third-order valence-electron chi connectivity index (χ3n) is 4.19. The first-order valence-corrected chi connectivity index (χ1v) is 8.27. The fourth-order valence-corrected chi connectivity index (χ4v) is 2.82. The number of hydrogen-bond donors (Lipinski definition) is 1. The summed E-state index contributed by atoms with van der Waals surface area (Å²) in [6.07, 6.45) is 2.74. The lowest BCUT2D eigenvalue weighted by Gasteiger charge is -2.20. The molecule has 2 rings (SSSR count). The average molecular weight is 293 g/mol. The monoisotopic (exact) mass is 293 g/mol. The Bertz CT molecular complexity index is 422. The predicted octanol–water partition coefficient (Wildman–Crippen LogP) is 2.61. The second kappa shape index (κ2) is 7.97. The lowest BCUT2D eigenvalue weighted by molar-refractivity contribution is 0.238. The first kappa shape index (κ1) is 16.5. The fraction of sp³-hybridized carbons (Fsp3) is 0.765. The third-order valence-corrected chi connectivity index (χ3v) is 4.19. The number of nitrogens with one attached hydrogen (secondary N) is 1. The Kier molecular flexibility index (Phi) is 6.27. The highest BCUT2D eigenvalue weighted by atomic mass is 16.3. The van der Waals surface area contributed by atoms with E-state index in [4.69, 9.17) is 4.42 Å². The van der Waals surface area contributed by atoms with Crippen LogP contribution in [0.15, 0.2) is 10.5 Å². The van der Waals surface area contributed by atoms with Gasteiger partial charge < -0.3 is 14.6 Å². The molecule has 4 heteroatoms. The molecule has 1 saturated heterocycles. The second-order valence-electron chi connectivity index (χ2n) is 6.62. The van der Waals surface area contributed by atoms with Gasteiger partial charge in [-0.05, 0) is 46.0 Å². The molecule has 0 aliphatic carbocycles. The first-order valence-electron chi connectivity index (χ1n) is 8.27. The molecule has 21 heavy (non-hydrogen) atoms. The second-order valence-corrected chi connectivity index (χ2v) is 6.62. The number of likely N-dealkylation sites (tertiary alicyclic amines) is 1. The van der Waals surface area contributed by atoms with Crippen LogP contribution in [0.2, 0.25) is 0 Å². The van der Waals surface area contributed by atoms with Crippen LogP contribution >= 0.6 is 0 Å². The Morgan fingerprint density at radius 3 is 2.71 bits per heavy atom. The van der Waals surface area contributed by atoms with E-state index >= 15 is 0 Å². The van der Waals surface area contributed by atoms with E-state index in [9.17, 15) is 0 Å². The van der Waals surface area contributed by atoms with Crippen LogP contribution in [0.3, 0.4) is 0 Å². The van der Waals surface area contributed by atoms with Crippen molar-refractivity contribution >= 4 is 0 Å². The summed E-state index contributed by atoms with van der Waals surface area (Å²) in [5.41, 5.74) is 1.28. The van der Waals surface area contributed by atoms with E-state index in [0.717, 1.165) is 31.2 Å². The van der Waals surface area contributed by atoms with E-state index in [1.54, 1.807) is 0 Å². The number of likely N-dealkylation sites (N-methyl/N-ethyl adjacent to an activating group) is 1. The van der Waals surface area contributed by atoms with Gasteiger partial charge in [-0.3, -0.25) is 4.90 Å². The van der Waals surface area contributed by atoms with E-state index in [1.807, 2.05) is 0 Å². The molecule has 0 saturated carbocycles. The van der Waals surface area contributed by atoms with Crippen molar-refractivity contribution in [1.82, 2.24) is 15.1 Å². The summed E-state index contributed by atoms with van der Waals surface area (Å²) >= 11 is 0. The Labute approximate surface area is 129 Å². The van der Waals surface area contributed by atoms with Crippen molar-refractivity contribution in [2.45, 2.75) is 52.7 Å². The summed E-state index contributed by atoms with van der Waals surface area (Å²) in [4.78, 5) is 4.91. The number of aryl methyl sites for hydroxylation is 1.